The van der Waals surface area contributed by atoms with E-state index in [9.17, 15) is 4.79 Å². The summed E-state index contributed by atoms with van der Waals surface area (Å²) in [5, 5.41) is 15.5. The van der Waals surface area contributed by atoms with E-state index >= 15 is 0 Å². The predicted molar refractivity (Wildman–Crippen MR) is 65.4 cm³/mol. The molecule has 0 aliphatic carbocycles. The number of carbonyl (C=O) groups is 1. The molecule has 0 saturated carbocycles. The first-order valence-electron chi connectivity index (χ1n) is 5.63. The van der Waals surface area contributed by atoms with Gasteiger partial charge in [0.05, 0.1) is 0 Å². The molecule has 0 unspecified atom stereocenters. The van der Waals surface area contributed by atoms with Crippen LogP contribution in [-0.4, -0.2) is 32.3 Å². The van der Waals surface area contributed by atoms with E-state index in [-0.39, 0.29) is 11.8 Å². The van der Waals surface area contributed by atoms with Crippen molar-refractivity contribution in [3.63, 3.8) is 0 Å². The van der Waals surface area contributed by atoms with Crippen LogP contribution < -0.4 is 5.32 Å². The predicted octanol–water partition coefficient (Wildman–Crippen LogP) is 1.45. The molecule has 17 heavy (non-hydrogen) atoms. The molecule has 2 rings (SSSR count). The van der Waals surface area contributed by atoms with Crippen LogP contribution in [0.3, 0.4) is 0 Å². The SMILES string of the molecule is CCCNC(=O)c1nn2c(C(C)C)nnc2s1. The maximum Gasteiger partial charge on any atom is 0.282 e. The lowest BCUT2D eigenvalue weighted by Crippen LogP contribution is -2.24. The van der Waals surface area contributed by atoms with Gasteiger partial charge >= 0.3 is 0 Å². The van der Waals surface area contributed by atoms with Gasteiger partial charge in [-0.25, -0.2) is 0 Å². The average Bonchev–Trinajstić information content (AvgIpc) is 2.83. The fraction of sp³-hybridized carbons (Fsp3) is 0.600. The summed E-state index contributed by atoms with van der Waals surface area (Å²) in [6.45, 7) is 6.71. The Morgan fingerprint density at radius 2 is 2.24 bits per heavy atom. The number of hydrogen-bond donors (Lipinski definition) is 1. The molecule has 2 aromatic rings. The van der Waals surface area contributed by atoms with Crippen LogP contribution in [0.1, 0.15) is 48.7 Å². The molecule has 0 atom stereocenters. The fourth-order valence-corrected chi connectivity index (χ4v) is 2.16. The summed E-state index contributed by atoms with van der Waals surface area (Å²) >= 11 is 1.26. The molecule has 0 saturated heterocycles. The Kier molecular flexibility index (Phi) is 3.37. The molecular formula is C10H15N5OS. The average molecular weight is 253 g/mol. The minimum atomic E-state index is -0.142. The zero-order valence-electron chi connectivity index (χ0n) is 10.1. The number of rotatable bonds is 4. The molecule has 0 spiro atoms. The Morgan fingerprint density at radius 3 is 2.88 bits per heavy atom. The van der Waals surface area contributed by atoms with Crippen molar-refractivity contribution in [2.24, 2.45) is 0 Å². The van der Waals surface area contributed by atoms with Gasteiger partial charge in [-0.15, -0.1) is 15.3 Å². The standard InChI is InChI=1S/C10H15N5OS/c1-4-5-11-8(16)9-14-15-7(6(2)3)12-13-10(15)17-9/h6H,4-5H2,1-3H3,(H,11,16). The minimum absolute atomic E-state index is 0.142. The number of hydrogen-bond acceptors (Lipinski definition) is 5. The van der Waals surface area contributed by atoms with Crippen molar-refractivity contribution >= 4 is 22.2 Å². The van der Waals surface area contributed by atoms with Crippen molar-refractivity contribution in [3.8, 4) is 0 Å². The van der Waals surface area contributed by atoms with Crippen LogP contribution in [0, 0.1) is 0 Å². The third-order valence-electron chi connectivity index (χ3n) is 2.26. The first kappa shape index (κ1) is 12.0. The molecule has 2 heterocycles. The van der Waals surface area contributed by atoms with Gasteiger partial charge in [0.15, 0.2) is 5.82 Å². The number of aromatic nitrogens is 4. The Hall–Kier alpha value is -1.50. The van der Waals surface area contributed by atoms with Gasteiger partial charge < -0.3 is 5.32 Å². The highest BCUT2D eigenvalue weighted by atomic mass is 32.1. The van der Waals surface area contributed by atoms with E-state index in [0.29, 0.717) is 16.5 Å². The van der Waals surface area contributed by atoms with Crippen LogP contribution in [0.15, 0.2) is 0 Å². The summed E-state index contributed by atoms with van der Waals surface area (Å²) in [6, 6.07) is 0. The van der Waals surface area contributed by atoms with Crippen LogP contribution in [0.25, 0.3) is 4.96 Å². The van der Waals surface area contributed by atoms with Crippen LogP contribution in [0.4, 0.5) is 0 Å². The lowest BCUT2D eigenvalue weighted by molar-refractivity contribution is 0.0952. The van der Waals surface area contributed by atoms with E-state index in [4.69, 9.17) is 0 Å². The molecule has 1 amide bonds. The molecule has 0 fully saturated rings. The van der Waals surface area contributed by atoms with Crippen LogP contribution >= 0.6 is 11.3 Å². The topological polar surface area (TPSA) is 72.2 Å². The smallest absolute Gasteiger partial charge is 0.282 e. The van der Waals surface area contributed by atoms with Gasteiger partial charge in [0.25, 0.3) is 5.91 Å². The molecule has 0 bridgehead atoms. The van der Waals surface area contributed by atoms with Crippen LogP contribution in [-0.2, 0) is 0 Å². The molecule has 7 heteroatoms. The second-order valence-corrected chi connectivity index (χ2v) is 5.03. The zero-order valence-corrected chi connectivity index (χ0v) is 10.9. The Bertz CT molecular complexity index is 530. The fourth-order valence-electron chi connectivity index (χ4n) is 1.40. The first-order valence-corrected chi connectivity index (χ1v) is 6.45. The van der Waals surface area contributed by atoms with Gasteiger partial charge in [-0.2, -0.15) is 4.52 Å². The van der Waals surface area contributed by atoms with Crippen molar-refractivity contribution in [1.29, 1.82) is 0 Å². The Morgan fingerprint density at radius 1 is 1.47 bits per heavy atom. The number of nitrogens with one attached hydrogen (secondary N) is 1. The summed E-state index contributed by atoms with van der Waals surface area (Å²) in [4.78, 5) is 12.4. The van der Waals surface area contributed by atoms with E-state index < -0.39 is 0 Å². The van der Waals surface area contributed by atoms with Crippen molar-refractivity contribution in [2.45, 2.75) is 33.1 Å². The van der Waals surface area contributed by atoms with Gasteiger partial charge in [-0.05, 0) is 6.42 Å². The third-order valence-corrected chi connectivity index (χ3v) is 3.16. The lowest BCUT2D eigenvalue weighted by Gasteiger charge is -1.99. The Labute approximate surface area is 103 Å². The summed E-state index contributed by atoms with van der Waals surface area (Å²) in [7, 11) is 0. The highest BCUT2D eigenvalue weighted by Gasteiger charge is 2.17. The maximum absolute atomic E-state index is 11.7. The van der Waals surface area contributed by atoms with Crippen molar-refractivity contribution in [2.75, 3.05) is 6.54 Å². The number of amides is 1. The zero-order chi connectivity index (χ0) is 12.4. The summed E-state index contributed by atoms with van der Waals surface area (Å²) in [5.41, 5.74) is 0. The van der Waals surface area contributed by atoms with Gasteiger partial charge in [0, 0.05) is 12.5 Å². The normalized spacial score (nSPS) is 11.3. The van der Waals surface area contributed by atoms with Crippen LogP contribution in [0.2, 0.25) is 0 Å². The lowest BCUT2D eigenvalue weighted by atomic mass is 10.2. The van der Waals surface area contributed by atoms with E-state index in [1.54, 1.807) is 4.52 Å². The quantitative estimate of drug-likeness (QED) is 0.895. The molecular weight excluding hydrogens is 238 g/mol. The van der Waals surface area contributed by atoms with Gasteiger partial charge in [-0.1, -0.05) is 32.1 Å². The van der Waals surface area contributed by atoms with E-state index in [0.717, 1.165) is 12.2 Å². The van der Waals surface area contributed by atoms with E-state index in [1.165, 1.54) is 11.3 Å². The summed E-state index contributed by atoms with van der Waals surface area (Å²) in [5.74, 6) is 0.876. The highest BCUT2D eigenvalue weighted by Crippen LogP contribution is 2.18. The second kappa shape index (κ2) is 4.79. The van der Waals surface area contributed by atoms with Crippen LogP contribution in [0.5, 0.6) is 0 Å². The number of carbonyl (C=O) groups excluding carboxylic acids is 1. The van der Waals surface area contributed by atoms with Gasteiger partial charge in [0.2, 0.25) is 9.97 Å². The highest BCUT2D eigenvalue weighted by molar-refractivity contribution is 7.18. The second-order valence-electron chi connectivity index (χ2n) is 4.07. The maximum atomic E-state index is 11.7. The molecule has 92 valence electrons. The third kappa shape index (κ3) is 2.28. The molecule has 6 nitrogen and oxygen atoms in total. The molecule has 1 N–H and O–H groups in total. The van der Waals surface area contributed by atoms with Crippen molar-refractivity contribution in [3.05, 3.63) is 10.8 Å². The molecule has 0 radical (unpaired) electrons. The number of fused-ring (bicyclic) bond motifs is 1. The van der Waals surface area contributed by atoms with Crippen molar-refractivity contribution in [1.82, 2.24) is 25.1 Å². The van der Waals surface area contributed by atoms with Gasteiger partial charge in [0.1, 0.15) is 0 Å². The largest absolute Gasteiger partial charge is 0.350 e. The first-order chi connectivity index (χ1) is 8.13. The van der Waals surface area contributed by atoms with E-state index in [1.807, 2.05) is 20.8 Å². The summed E-state index contributed by atoms with van der Waals surface area (Å²) < 4.78 is 1.65. The Balaban J connectivity index is 2.29. The molecule has 0 aliphatic rings. The van der Waals surface area contributed by atoms with Crippen molar-refractivity contribution < 1.29 is 4.79 Å². The van der Waals surface area contributed by atoms with E-state index in [2.05, 4.69) is 20.6 Å². The summed E-state index contributed by atoms with van der Waals surface area (Å²) in [6.07, 6.45) is 0.910. The van der Waals surface area contributed by atoms with Gasteiger partial charge in [-0.3, -0.25) is 4.79 Å². The molecule has 2 aromatic heterocycles. The molecule has 0 aromatic carbocycles. The molecule has 0 aliphatic heterocycles. The number of nitrogens with zero attached hydrogens (tertiary/aromatic N) is 4. The minimum Gasteiger partial charge on any atom is -0.350 e. The monoisotopic (exact) mass is 253 g/mol.